The fourth-order valence-corrected chi connectivity index (χ4v) is 1.93. The maximum atomic E-state index is 11.4. The lowest BCUT2D eigenvalue weighted by molar-refractivity contribution is 0.0443. The first-order valence-corrected chi connectivity index (χ1v) is 5.96. The first-order chi connectivity index (χ1) is 10.0. The van der Waals surface area contributed by atoms with Gasteiger partial charge < -0.3 is 14.6 Å². The highest BCUT2D eigenvalue weighted by Crippen LogP contribution is 2.28. The van der Waals surface area contributed by atoms with Crippen molar-refractivity contribution in [2.45, 2.75) is 0 Å². The standard InChI is InChI=1S/C15H8O6/c16-13(17)8-1-3-9(4-2-8)20-10-5-6-11-12(7-10)15(19)21-14(11)18/h1-7H,(H,16,17). The summed E-state index contributed by atoms with van der Waals surface area (Å²) in [4.78, 5) is 33.5. The van der Waals surface area contributed by atoms with Crippen molar-refractivity contribution in [2.24, 2.45) is 0 Å². The number of hydrogen-bond donors (Lipinski definition) is 1. The van der Waals surface area contributed by atoms with Crippen LogP contribution >= 0.6 is 0 Å². The van der Waals surface area contributed by atoms with E-state index in [1.807, 2.05) is 0 Å². The van der Waals surface area contributed by atoms with Crippen molar-refractivity contribution < 1.29 is 29.0 Å². The van der Waals surface area contributed by atoms with Crippen molar-refractivity contribution in [1.82, 2.24) is 0 Å². The largest absolute Gasteiger partial charge is 0.478 e. The molecule has 2 aromatic carbocycles. The van der Waals surface area contributed by atoms with Gasteiger partial charge >= 0.3 is 17.9 Å². The minimum absolute atomic E-state index is 0.144. The molecule has 0 amide bonds. The number of carboxylic acid groups (broad SMARTS) is 1. The monoisotopic (exact) mass is 284 g/mol. The number of fused-ring (bicyclic) bond motifs is 1. The van der Waals surface area contributed by atoms with E-state index in [2.05, 4.69) is 4.74 Å². The van der Waals surface area contributed by atoms with Crippen molar-refractivity contribution in [2.75, 3.05) is 0 Å². The number of esters is 2. The minimum Gasteiger partial charge on any atom is -0.478 e. The van der Waals surface area contributed by atoms with Gasteiger partial charge in [0.2, 0.25) is 0 Å². The number of carbonyl (C=O) groups is 3. The molecule has 0 radical (unpaired) electrons. The quantitative estimate of drug-likeness (QED) is 0.688. The normalized spacial score (nSPS) is 12.8. The van der Waals surface area contributed by atoms with Crippen LogP contribution in [0.4, 0.5) is 0 Å². The van der Waals surface area contributed by atoms with Crippen LogP contribution in [0.2, 0.25) is 0 Å². The average Bonchev–Trinajstić information content (AvgIpc) is 2.74. The number of carboxylic acids is 1. The second-order valence-electron chi connectivity index (χ2n) is 4.32. The third-order valence-corrected chi connectivity index (χ3v) is 2.95. The van der Waals surface area contributed by atoms with E-state index in [0.717, 1.165) is 0 Å². The molecule has 0 bridgehead atoms. The maximum Gasteiger partial charge on any atom is 0.347 e. The fraction of sp³-hybridized carbons (Fsp3) is 0. The predicted molar refractivity (Wildman–Crippen MR) is 69.7 cm³/mol. The van der Waals surface area contributed by atoms with E-state index >= 15 is 0 Å². The smallest absolute Gasteiger partial charge is 0.347 e. The van der Waals surface area contributed by atoms with Gasteiger partial charge in [0.25, 0.3) is 0 Å². The molecule has 1 aliphatic heterocycles. The van der Waals surface area contributed by atoms with Crippen LogP contribution < -0.4 is 4.74 Å². The Kier molecular flexibility index (Phi) is 2.91. The molecular weight excluding hydrogens is 276 g/mol. The molecule has 1 N–H and O–H groups in total. The maximum absolute atomic E-state index is 11.4. The Hall–Kier alpha value is -3.15. The van der Waals surface area contributed by atoms with Gasteiger partial charge in [0, 0.05) is 0 Å². The molecule has 0 unspecified atom stereocenters. The SMILES string of the molecule is O=C(O)c1ccc(Oc2ccc3c(c2)C(=O)OC3=O)cc1. The molecule has 0 atom stereocenters. The van der Waals surface area contributed by atoms with Crippen LogP contribution in [0.25, 0.3) is 0 Å². The zero-order valence-corrected chi connectivity index (χ0v) is 10.5. The number of benzene rings is 2. The first-order valence-electron chi connectivity index (χ1n) is 5.96. The summed E-state index contributed by atoms with van der Waals surface area (Å²) >= 11 is 0. The third kappa shape index (κ3) is 2.34. The third-order valence-electron chi connectivity index (χ3n) is 2.95. The summed E-state index contributed by atoms with van der Waals surface area (Å²) in [5.41, 5.74) is 0.499. The summed E-state index contributed by atoms with van der Waals surface area (Å²) in [7, 11) is 0. The molecule has 1 aliphatic rings. The van der Waals surface area contributed by atoms with E-state index < -0.39 is 17.9 Å². The van der Waals surface area contributed by atoms with Crippen molar-refractivity contribution in [3.8, 4) is 11.5 Å². The Morgan fingerprint density at radius 1 is 0.905 bits per heavy atom. The molecule has 0 spiro atoms. The summed E-state index contributed by atoms with van der Waals surface area (Å²) < 4.78 is 9.99. The molecule has 104 valence electrons. The van der Waals surface area contributed by atoms with E-state index in [9.17, 15) is 14.4 Å². The predicted octanol–water partition coefficient (Wildman–Crippen LogP) is 2.49. The highest BCUT2D eigenvalue weighted by atomic mass is 16.6. The van der Waals surface area contributed by atoms with Crippen LogP contribution in [0.3, 0.4) is 0 Å². The van der Waals surface area contributed by atoms with Crippen LogP contribution in [0, 0.1) is 0 Å². The van der Waals surface area contributed by atoms with Gasteiger partial charge in [0.1, 0.15) is 11.5 Å². The van der Waals surface area contributed by atoms with Crippen molar-refractivity contribution in [3.63, 3.8) is 0 Å². The van der Waals surface area contributed by atoms with Crippen LogP contribution in [0.5, 0.6) is 11.5 Å². The Morgan fingerprint density at radius 2 is 1.52 bits per heavy atom. The van der Waals surface area contributed by atoms with Gasteiger partial charge in [-0.15, -0.1) is 0 Å². The lowest BCUT2D eigenvalue weighted by atomic mass is 10.1. The number of aromatic carboxylic acids is 1. The molecule has 6 heteroatoms. The Bertz CT molecular complexity index is 760. The Labute approximate surface area is 118 Å². The summed E-state index contributed by atoms with van der Waals surface area (Å²) in [6, 6.07) is 10.2. The topological polar surface area (TPSA) is 89.9 Å². The summed E-state index contributed by atoms with van der Waals surface area (Å²) in [5.74, 6) is -1.64. The minimum atomic E-state index is -1.03. The van der Waals surface area contributed by atoms with Crippen molar-refractivity contribution in [1.29, 1.82) is 0 Å². The van der Waals surface area contributed by atoms with Crippen LogP contribution in [-0.4, -0.2) is 23.0 Å². The van der Waals surface area contributed by atoms with Gasteiger partial charge in [0.05, 0.1) is 16.7 Å². The molecule has 1 heterocycles. The molecule has 0 saturated carbocycles. The van der Waals surface area contributed by atoms with E-state index in [4.69, 9.17) is 9.84 Å². The van der Waals surface area contributed by atoms with Gasteiger partial charge in [-0.25, -0.2) is 14.4 Å². The molecule has 0 aliphatic carbocycles. The Morgan fingerprint density at radius 3 is 2.19 bits per heavy atom. The second-order valence-corrected chi connectivity index (χ2v) is 4.32. The van der Waals surface area contributed by atoms with E-state index in [1.165, 1.54) is 42.5 Å². The summed E-state index contributed by atoms with van der Waals surface area (Å²) in [5, 5.41) is 8.80. The lowest BCUT2D eigenvalue weighted by Crippen LogP contribution is -1.97. The zero-order valence-electron chi connectivity index (χ0n) is 10.5. The van der Waals surface area contributed by atoms with Crippen LogP contribution in [0.1, 0.15) is 31.1 Å². The summed E-state index contributed by atoms with van der Waals surface area (Å²) in [6.07, 6.45) is 0. The number of ether oxygens (including phenoxy) is 2. The van der Waals surface area contributed by atoms with Gasteiger partial charge in [-0.1, -0.05) is 0 Å². The van der Waals surface area contributed by atoms with Gasteiger partial charge in [-0.05, 0) is 42.5 Å². The molecular formula is C15H8O6. The van der Waals surface area contributed by atoms with Gasteiger partial charge in [-0.2, -0.15) is 0 Å². The molecule has 0 fully saturated rings. The van der Waals surface area contributed by atoms with E-state index in [0.29, 0.717) is 11.5 Å². The number of cyclic esters (lactones) is 2. The zero-order chi connectivity index (χ0) is 15.0. The van der Waals surface area contributed by atoms with Crippen molar-refractivity contribution >= 4 is 17.9 Å². The van der Waals surface area contributed by atoms with Crippen molar-refractivity contribution in [3.05, 3.63) is 59.2 Å². The van der Waals surface area contributed by atoms with Gasteiger partial charge in [-0.3, -0.25) is 0 Å². The molecule has 0 saturated heterocycles. The number of carbonyl (C=O) groups excluding carboxylic acids is 2. The highest BCUT2D eigenvalue weighted by Gasteiger charge is 2.29. The second kappa shape index (κ2) is 4.75. The molecule has 2 aromatic rings. The summed E-state index contributed by atoms with van der Waals surface area (Å²) in [6.45, 7) is 0. The molecule has 21 heavy (non-hydrogen) atoms. The first kappa shape index (κ1) is 12.9. The highest BCUT2D eigenvalue weighted by molar-refractivity contribution is 6.14. The molecule has 6 nitrogen and oxygen atoms in total. The molecule has 0 aromatic heterocycles. The van der Waals surface area contributed by atoms with Gasteiger partial charge in [0.15, 0.2) is 0 Å². The molecule has 3 rings (SSSR count). The van der Waals surface area contributed by atoms with E-state index in [-0.39, 0.29) is 16.7 Å². The average molecular weight is 284 g/mol. The van der Waals surface area contributed by atoms with Crippen LogP contribution in [0.15, 0.2) is 42.5 Å². The van der Waals surface area contributed by atoms with E-state index in [1.54, 1.807) is 0 Å². The Balaban J connectivity index is 1.86. The number of rotatable bonds is 3. The lowest BCUT2D eigenvalue weighted by Gasteiger charge is -2.06. The van der Waals surface area contributed by atoms with Crippen LogP contribution in [-0.2, 0) is 4.74 Å². The number of hydrogen-bond acceptors (Lipinski definition) is 5. The fourth-order valence-electron chi connectivity index (χ4n) is 1.93.